The summed E-state index contributed by atoms with van der Waals surface area (Å²) in [4.78, 5) is 11.9. The fourth-order valence-corrected chi connectivity index (χ4v) is 2.52. The summed E-state index contributed by atoms with van der Waals surface area (Å²) in [7, 11) is 0. The van der Waals surface area contributed by atoms with Crippen molar-refractivity contribution < 1.29 is 4.79 Å². The molecule has 104 valence electrons. The summed E-state index contributed by atoms with van der Waals surface area (Å²) < 4.78 is 0. The zero-order chi connectivity index (χ0) is 13.5. The number of anilines is 2. The van der Waals surface area contributed by atoms with Gasteiger partial charge in [-0.05, 0) is 37.1 Å². The van der Waals surface area contributed by atoms with Gasteiger partial charge in [-0.25, -0.2) is 4.79 Å². The van der Waals surface area contributed by atoms with Crippen LogP contribution in [0.3, 0.4) is 0 Å². The molecule has 2 amide bonds. The molecule has 1 aliphatic rings. The fraction of sp³-hybridized carbons (Fsp3) is 0.533. The maximum absolute atomic E-state index is 11.9. The van der Waals surface area contributed by atoms with Gasteiger partial charge in [-0.15, -0.1) is 0 Å². The first-order valence-corrected chi connectivity index (χ1v) is 7.17. The van der Waals surface area contributed by atoms with E-state index in [4.69, 9.17) is 5.73 Å². The summed E-state index contributed by atoms with van der Waals surface area (Å²) in [6.45, 7) is 0. The standard InChI is InChI=1S/C15H23N3O/c16-12-8-10-14(11-9-12)18-15(19)17-13-6-4-2-1-3-5-7-13/h8-11,13H,1-7,16H2,(H2,17,18,19). The van der Waals surface area contributed by atoms with E-state index in [9.17, 15) is 4.79 Å². The normalized spacial score (nSPS) is 17.3. The van der Waals surface area contributed by atoms with E-state index in [-0.39, 0.29) is 6.03 Å². The van der Waals surface area contributed by atoms with Crippen LogP contribution in [0.15, 0.2) is 24.3 Å². The topological polar surface area (TPSA) is 67.1 Å². The third-order valence-corrected chi connectivity index (χ3v) is 3.61. The van der Waals surface area contributed by atoms with Crippen LogP contribution >= 0.6 is 0 Å². The molecule has 4 N–H and O–H groups in total. The van der Waals surface area contributed by atoms with E-state index in [0.29, 0.717) is 11.7 Å². The molecule has 1 saturated carbocycles. The number of carbonyl (C=O) groups is 1. The molecule has 0 unspecified atom stereocenters. The Balaban J connectivity index is 1.80. The van der Waals surface area contributed by atoms with E-state index in [1.54, 1.807) is 12.1 Å². The van der Waals surface area contributed by atoms with E-state index in [1.165, 1.54) is 32.1 Å². The molecule has 2 rings (SSSR count). The minimum absolute atomic E-state index is 0.115. The summed E-state index contributed by atoms with van der Waals surface area (Å²) >= 11 is 0. The number of carbonyl (C=O) groups excluding carboxylic acids is 1. The second-order valence-electron chi connectivity index (χ2n) is 5.26. The quantitative estimate of drug-likeness (QED) is 0.713. The molecule has 0 bridgehead atoms. The summed E-state index contributed by atoms with van der Waals surface area (Å²) in [5.41, 5.74) is 7.09. The van der Waals surface area contributed by atoms with Crippen molar-refractivity contribution in [3.8, 4) is 0 Å². The lowest BCUT2D eigenvalue weighted by atomic mass is 9.97. The second-order valence-corrected chi connectivity index (χ2v) is 5.26. The minimum Gasteiger partial charge on any atom is -0.399 e. The van der Waals surface area contributed by atoms with Gasteiger partial charge in [0, 0.05) is 17.4 Å². The van der Waals surface area contributed by atoms with Crippen molar-refractivity contribution in [2.24, 2.45) is 0 Å². The Kier molecular flexibility index (Phi) is 5.07. The van der Waals surface area contributed by atoms with Crippen LogP contribution < -0.4 is 16.4 Å². The smallest absolute Gasteiger partial charge is 0.319 e. The Labute approximate surface area is 114 Å². The summed E-state index contributed by atoms with van der Waals surface area (Å²) in [5.74, 6) is 0. The molecule has 1 aromatic carbocycles. The van der Waals surface area contributed by atoms with Crippen LogP contribution in [-0.2, 0) is 0 Å². The summed E-state index contributed by atoms with van der Waals surface area (Å²) in [5, 5.41) is 5.92. The number of hydrogen-bond acceptors (Lipinski definition) is 2. The molecule has 19 heavy (non-hydrogen) atoms. The molecular weight excluding hydrogens is 238 g/mol. The first-order valence-electron chi connectivity index (χ1n) is 7.17. The van der Waals surface area contributed by atoms with Crippen LogP contribution in [0.25, 0.3) is 0 Å². The summed E-state index contributed by atoms with van der Waals surface area (Å²) in [6, 6.07) is 7.39. The van der Waals surface area contributed by atoms with Crippen LogP contribution in [0.4, 0.5) is 16.2 Å². The van der Waals surface area contributed by atoms with Gasteiger partial charge < -0.3 is 16.4 Å². The molecule has 1 aromatic rings. The molecule has 0 aromatic heterocycles. The third-order valence-electron chi connectivity index (χ3n) is 3.61. The van der Waals surface area contributed by atoms with Gasteiger partial charge >= 0.3 is 6.03 Å². The molecule has 0 radical (unpaired) electrons. The van der Waals surface area contributed by atoms with E-state index < -0.39 is 0 Å². The van der Waals surface area contributed by atoms with Crippen molar-refractivity contribution in [1.82, 2.24) is 5.32 Å². The van der Waals surface area contributed by atoms with Crippen LogP contribution in [0.2, 0.25) is 0 Å². The number of hydrogen-bond donors (Lipinski definition) is 3. The highest BCUT2D eigenvalue weighted by Crippen LogP contribution is 2.17. The van der Waals surface area contributed by atoms with Crippen molar-refractivity contribution >= 4 is 17.4 Å². The lowest BCUT2D eigenvalue weighted by molar-refractivity contribution is 0.245. The zero-order valence-electron chi connectivity index (χ0n) is 11.3. The number of amides is 2. The highest BCUT2D eigenvalue weighted by Gasteiger charge is 2.13. The Morgan fingerprint density at radius 3 is 2.21 bits per heavy atom. The van der Waals surface area contributed by atoms with E-state index >= 15 is 0 Å². The van der Waals surface area contributed by atoms with E-state index in [1.807, 2.05) is 12.1 Å². The Bertz CT molecular complexity index is 394. The molecule has 0 spiro atoms. The van der Waals surface area contributed by atoms with E-state index in [0.717, 1.165) is 18.5 Å². The Morgan fingerprint density at radius 1 is 1.00 bits per heavy atom. The number of nitrogens with two attached hydrogens (primary N) is 1. The molecule has 4 heteroatoms. The molecule has 0 aliphatic heterocycles. The average molecular weight is 261 g/mol. The molecule has 4 nitrogen and oxygen atoms in total. The highest BCUT2D eigenvalue weighted by atomic mass is 16.2. The first-order chi connectivity index (χ1) is 9.24. The molecule has 1 aliphatic carbocycles. The van der Waals surface area contributed by atoms with Gasteiger partial charge in [0.15, 0.2) is 0 Å². The van der Waals surface area contributed by atoms with Gasteiger partial charge in [0.2, 0.25) is 0 Å². The monoisotopic (exact) mass is 261 g/mol. The number of nitrogens with one attached hydrogen (secondary N) is 2. The predicted molar refractivity (Wildman–Crippen MR) is 79.1 cm³/mol. The number of rotatable bonds is 2. The molecule has 1 fully saturated rings. The SMILES string of the molecule is Nc1ccc(NC(=O)NC2CCCCCCC2)cc1. The van der Waals surface area contributed by atoms with Gasteiger partial charge in [0.1, 0.15) is 0 Å². The first kappa shape index (κ1) is 13.7. The van der Waals surface area contributed by atoms with Crippen molar-refractivity contribution in [2.75, 3.05) is 11.1 Å². The molecule has 0 atom stereocenters. The number of nitrogen functional groups attached to an aromatic ring is 1. The van der Waals surface area contributed by atoms with Crippen LogP contribution in [0.1, 0.15) is 44.9 Å². The van der Waals surface area contributed by atoms with Gasteiger partial charge in [0.05, 0.1) is 0 Å². The number of benzene rings is 1. The fourth-order valence-electron chi connectivity index (χ4n) is 2.52. The van der Waals surface area contributed by atoms with Crippen molar-refractivity contribution in [3.63, 3.8) is 0 Å². The molecule has 0 saturated heterocycles. The maximum atomic E-state index is 11.9. The third kappa shape index (κ3) is 4.81. The van der Waals surface area contributed by atoms with Gasteiger partial charge in [-0.3, -0.25) is 0 Å². The lowest BCUT2D eigenvalue weighted by Gasteiger charge is -2.21. The maximum Gasteiger partial charge on any atom is 0.319 e. The van der Waals surface area contributed by atoms with Crippen molar-refractivity contribution in [2.45, 2.75) is 51.0 Å². The molecule has 0 heterocycles. The number of urea groups is 1. The van der Waals surface area contributed by atoms with Crippen LogP contribution in [-0.4, -0.2) is 12.1 Å². The summed E-state index contributed by atoms with van der Waals surface area (Å²) in [6.07, 6.45) is 8.53. The van der Waals surface area contributed by atoms with Crippen molar-refractivity contribution in [1.29, 1.82) is 0 Å². The van der Waals surface area contributed by atoms with Gasteiger partial charge in [-0.2, -0.15) is 0 Å². The molecular formula is C15H23N3O. The zero-order valence-corrected chi connectivity index (χ0v) is 11.3. The average Bonchev–Trinajstić information content (AvgIpc) is 2.35. The second kappa shape index (κ2) is 7.02. The van der Waals surface area contributed by atoms with Gasteiger partial charge in [0.25, 0.3) is 0 Å². The van der Waals surface area contributed by atoms with Gasteiger partial charge in [-0.1, -0.05) is 32.1 Å². The minimum atomic E-state index is -0.115. The van der Waals surface area contributed by atoms with Crippen LogP contribution in [0.5, 0.6) is 0 Å². The highest BCUT2D eigenvalue weighted by molar-refractivity contribution is 5.89. The van der Waals surface area contributed by atoms with Crippen LogP contribution in [0, 0.1) is 0 Å². The Morgan fingerprint density at radius 2 is 1.58 bits per heavy atom. The lowest BCUT2D eigenvalue weighted by Crippen LogP contribution is -2.38. The largest absolute Gasteiger partial charge is 0.399 e. The van der Waals surface area contributed by atoms with E-state index in [2.05, 4.69) is 10.6 Å². The Hall–Kier alpha value is -1.71. The predicted octanol–water partition coefficient (Wildman–Crippen LogP) is 3.50. The van der Waals surface area contributed by atoms with Crippen molar-refractivity contribution in [3.05, 3.63) is 24.3 Å².